The van der Waals surface area contributed by atoms with Crippen LogP contribution >= 0.6 is 0 Å². The van der Waals surface area contributed by atoms with Gasteiger partial charge in [-0.1, -0.05) is 6.07 Å². The molecule has 1 atom stereocenters. The van der Waals surface area contributed by atoms with E-state index in [1.165, 1.54) is 17.7 Å². The highest BCUT2D eigenvalue weighted by atomic mass is 16.5. The molecule has 2 rings (SSSR count). The third kappa shape index (κ3) is 5.90. The van der Waals surface area contributed by atoms with Gasteiger partial charge in [-0.2, -0.15) is 0 Å². The van der Waals surface area contributed by atoms with Gasteiger partial charge in [0.05, 0.1) is 6.61 Å². The Morgan fingerprint density at radius 1 is 1.35 bits per heavy atom. The van der Waals surface area contributed by atoms with Crippen molar-refractivity contribution in [1.29, 1.82) is 0 Å². The molecule has 0 aliphatic heterocycles. The van der Waals surface area contributed by atoms with E-state index < -0.39 is 6.10 Å². The van der Waals surface area contributed by atoms with Crippen molar-refractivity contribution in [3.05, 3.63) is 24.3 Å². The van der Waals surface area contributed by atoms with Crippen molar-refractivity contribution in [2.24, 2.45) is 5.92 Å². The number of hydrogen-bond acceptors (Lipinski definition) is 4. The van der Waals surface area contributed by atoms with E-state index in [4.69, 9.17) is 9.47 Å². The van der Waals surface area contributed by atoms with Crippen LogP contribution in [0.4, 0.5) is 5.69 Å². The van der Waals surface area contributed by atoms with Gasteiger partial charge in [0.2, 0.25) is 0 Å². The van der Waals surface area contributed by atoms with Crippen LogP contribution in [0.25, 0.3) is 0 Å². The average Bonchev–Trinajstić information content (AvgIpc) is 3.34. The maximum Gasteiger partial charge on any atom is 0.259 e. The van der Waals surface area contributed by atoms with Gasteiger partial charge >= 0.3 is 0 Å². The zero-order valence-corrected chi connectivity index (χ0v) is 13.9. The van der Waals surface area contributed by atoms with E-state index in [1.807, 2.05) is 0 Å². The molecule has 6 heteroatoms. The Balaban J connectivity index is 1.83. The predicted octanol–water partition coefficient (Wildman–Crippen LogP) is 1.91. The molecule has 0 saturated heterocycles. The second-order valence-electron chi connectivity index (χ2n) is 6.01. The molecule has 1 N–H and O–H groups in total. The highest BCUT2D eigenvalue weighted by Crippen LogP contribution is 2.29. The summed E-state index contributed by atoms with van der Waals surface area (Å²) in [7, 11) is 3.34. The van der Waals surface area contributed by atoms with E-state index in [0.717, 1.165) is 0 Å². The first kappa shape index (κ1) is 17.3. The van der Waals surface area contributed by atoms with Crippen molar-refractivity contribution >= 4 is 17.5 Å². The molecule has 0 bridgehead atoms. The van der Waals surface area contributed by atoms with Gasteiger partial charge in [-0.15, -0.1) is 0 Å². The van der Waals surface area contributed by atoms with Crippen LogP contribution in [0.1, 0.15) is 19.8 Å². The molecule has 1 fully saturated rings. The van der Waals surface area contributed by atoms with Crippen LogP contribution in [0.3, 0.4) is 0 Å². The molecule has 23 heavy (non-hydrogen) atoms. The molecule has 1 aromatic rings. The number of carbonyl (C=O) groups is 2. The number of rotatable bonds is 8. The third-order valence-corrected chi connectivity index (χ3v) is 3.61. The summed E-state index contributed by atoms with van der Waals surface area (Å²) < 4.78 is 11.0. The van der Waals surface area contributed by atoms with Gasteiger partial charge in [0.25, 0.3) is 11.8 Å². The maximum absolute atomic E-state index is 12.1. The quantitative estimate of drug-likeness (QED) is 0.794. The molecule has 2 amide bonds. The minimum absolute atomic E-state index is 0.0364. The Morgan fingerprint density at radius 3 is 2.74 bits per heavy atom. The molecule has 0 heterocycles. The number of hydrogen-bond donors (Lipinski definition) is 1. The van der Waals surface area contributed by atoms with Crippen LogP contribution in [0.5, 0.6) is 5.75 Å². The molecular formula is C17H24N2O4. The summed E-state index contributed by atoms with van der Waals surface area (Å²) >= 11 is 0. The van der Waals surface area contributed by atoms with E-state index in [-0.39, 0.29) is 18.4 Å². The number of anilines is 1. The summed E-state index contributed by atoms with van der Waals surface area (Å²) in [5, 5.41) is 2.80. The second-order valence-corrected chi connectivity index (χ2v) is 6.01. The van der Waals surface area contributed by atoms with Gasteiger partial charge < -0.3 is 19.7 Å². The molecule has 1 unspecified atom stereocenters. The fraction of sp³-hybridized carbons (Fsp3) is 0.529. The zero-order valence-electron chi connectivity index (χ0n) is 13.9. The van der Waals surface area contributed by atoms with Crippen molar-refractivity contribution in [3.63, 3.8) is 0 Å². The smallest absolute Gasteiger partial charge is 0.259 e. The van der Waals surface area contributed by atoms with Gasteiger partial charge in [-0.25, -0.2) is 0 Å². The Bertz CT molecular complexity index is 555. The topological polar surface area (TPSA) is 67.9 Å². The molecule has 6 nitrogen and oxygen atoms in total. The lowest BCUT2D eigenvalue weighted by Crippen LogP contribution is -2.28. The van der Waals surface area contributed by atoms with Crippen LogP contribution in [-0.4, -0.2) is 50.1 Å². The molecule has 0 spiro atoms. The number of nitrogens with one attached hydrogen (secondary N) is 1. The lowest BCUT2D eigenvalue weighted by atomic mass is 10.2. The van der Waals surface area contributed by atoms with Crippen molar-refractivity contribution in [1.82, 2.24) is 4.90 Å². The summed E-state index contributed by atoms with van der Waals surface area (Å²) in [6.07, 6.45) is 1.90. The highest BCUT2D eigenvalue weighted by molar-refractivity contribution is 5.94. The van der Waals surface area contributed by atoms with Crippen LogP contribution in [0, 0.1) is 5.92 Å². The third-order valence-electron chi connectivity index (χ3n) is 3.61. The number of likely N-dealkylation sites (N-methyl/N-ethyl adjacent to an activating group) is 1. The summed E-state index contributed by atoms with van der Waals surface area (Å²) in [6, 6.07) is 6.97. The molecule has 1 saturated carbocycles. The molecule has 1 aliphatic rings. The Hall–Kier alpha value is -2.08. The number of benzene rings is 1. The zero-order chi connectivity index (χ0) is 16.8. The largest absolute Gasteiger partial charge is 0.484 e. The number of ether oxygens (including phenoxy) is 2. The van der Waals surface area contributed by atoms with E-state index in [9.17, 15) is 9.59 Å². The predicted molar refractivity (Wildman–Crippen MR) is 87.4 cm³/mol. The number of amides is 2. The Kier molecular flexibility index (Phi) is 5.98. The van der Waals surface area contributed by atoms with E-state index in [1.54, 1.807) is 45.3 Å². The standard InChI is InChI=1S/C17H24N2O4/c1-12(22-10-13-7-8-13)17(21)18-14-5-4-6-15(9-14)23-11-16(20)19(2)3/h4-6,9,12-13H,7-8,10-11H2,1-3H3,(H,18,21). The maximum atomic E-state index is 12.1. The fourth-order valence-electron chi connectivity index (χ4n) is 1.82. The molecule has 0 radical (unpaired) electrons. The summed E-state index contributed by atoms with van der Waals surface area (Å²) in [4.78, 5) is 25.1. The van der Waals surface area contributed by atoms with Gasteiger partial charge in [0.1, 0.15) is 11.9 Å². The molecular weight excluding hydrogens is 296 g/mol. The first-order valence-electron chi connectivity index (χ1n) is 7.81. The number of carbonyl (C=O) groups excluding carboxylic acids is 2. The minimum Gasteiger partial charge on any atom is -0.484 e. The molecule has 0 aromatic heterocycles. The molecule has 1 aromatic carbocycles. The highest BCUT2D eigenvalue weighted by Gasteiger charge is 2.24. The van der Waals surface area contributed by atoms with Crippen molar-refractivity contribution < 1.29 is 19.1 Å². The van der Waals surface area contributed by atoms with Gasteiger partial charge in [-0.3, -0.25) is 9.59 Å². The first-order valence-corrected chi connectivity index (χ1v) is 7.81. The Labute approximate surface area is 136 Å². The number of nitrogens with zero attached hydrogens (tertiary/aromatic N) is 1. The van der Waals surface area contributed by atoms with Gasteiger partial charge in [0.15, 0.2) is 6.61 Å². The van der Waals surface area contributed by atoms with Gasteiger partial charge in [0, 0.05) is 25.8 Å². The monoisotopic (exact) mass is 320 g/mol. The normalized spacial score (nSPS) is 14.9. The van der Waals surface area contributed by atoms with E-state index in [2.05, 4.69) is 5.32 Å². The fourth-order valence-corrected chi connectivity index (χ4v) is 1.82. The van der Waals surface area contributed by atoms with Crippen LogP contribution in [0.15, 0.2) is 24.3 Å². The summed E-state index contributed by atoms with van der Waals surface area (Å²) in [6.45, 7) is 2.35. The molecule has 126 valence electrons. The summed E-state index contributed by atoms with van der Waals surface area (Å²) in [5.41, 5.74) is 0.617. The minimum atomic E-state index is -0.490. The lowest BCUT2D eigenvalue weighted by molar-refractivity contribution is -0.130. The first-order chi connectivity index (χ1) is 11.0. The second kappa shape index (κ2) is 7.97. The average molecular weight is 320 g/mol. The van der Waals surface area contributed by atoms with Crippen LogP contribution < -0.4 is 10.1 Å². The van der Waals surface area contributed by atoms with Crippen LogP contribution in [-0.2, 0) is 14.3 Å². The SMILES string of the molecule is CC(OCC1CC1)C(=O)Nc1cccc(OCC(=O)N(C)C)c1. The van der Waals surface area contributed by atoms with E-state index >= 15 is 0 Å². The van der Waals surface area contributed by atoms with Gasteiger partial charge in [-0.05, 0) is 37.8 Å². The van der Waals surface area contributed by atoms with Crippen molar-refractivity contribution in [3.8, 4) is 5.75 Å². The lowest BCUT2D eigenvalue weighted by Gasteiger charge is -2.14. The van der Waals surface area contributed by atoms with E-state index in [0.29, 0.717) is 24.0 Å². The van der Waals surface area contributed by atoms with Crippen molar-refractivity contribution in [2.75, 3.05) is 32.6 Å². The van der Waals surface area contributed by atoms with Crippen LogP contribution in [0.2, 0.25) is 0 Å². The van der Waals surface area contributed by atoms with Crippen molar-refractivity contribution in [2.45, 2.75) is 25.9 Å². The molecule has 1 aliphatic carbocycles. The Morgan fingerprint density at radius 2 is 2.09 bits per heavy atom. The summed E-state index contributed by atoms with van der Waals surface area (Å²) in [5.74, 6) is 0.842.